The Labute approximate surface area is 238 Å². The first-order valence-corrected chi connectivity index (χ1v) is 11.3. The van der Waals surface area contributed by atoms with Crippen molar-refractivity contribution in [3.63, 3.8) is 0 Å². The number of ether oxygens (including phenoxy) is 1. The Balaban J connectivity index is 0.00000104. The Kier molecular flexibility index (Phi) is 14.7. The van der Waals surface area contributed by atoms with E-state index in [0.717, 1.165) is 0 Å². The molecule has 0 bridgehead atoms. The summed E-state index contributed by atoms with van der Waals surface area (Å²) in [6.07, 6.45) is -10.1. The van der Waals surface area contributed by atoms with E-state index < -0.39 is 42.2 Å². The van der Waals surface area contributed by atoms with Crippen LogP contribution in [0.2, 0.25) is 0 Å². The van der Waals surface area contributed by atoms with Crippen molar-refractivity contribution < 1.29 is 65.6 Å². The van der Waals surface area contributed by atoms with E-state index in [2.05, 4.69) is 5.32 Å². The minimum absolute atomic E-state index is 0.0475. The number of halogens is 6. The number of nitrogens with one attached hydrogen (secondary N) is 3. The summed E-state index contributed by atoms with van der Waals surface area (Å²) in [6, 6.07) is 12.3. The smallest absolute Gasteiger partial charge is 0.490 e. The molecule has 10 N–H and O–H groups in total. The lowest BCUT2D eigenvalue weighted by Crippen LogP contribution is -2.39. The Morgan fingerprint density at radius 2 is 1.23 bits per heavy atom. The number of hydrogen-bond donors (Lipinski definition) is 8. The number of carbonyl (C=O) groups is 4. The zero-order chi connectivity index (χ0) is 33.5. The van der Waals surface area contributed by atoms with Gasteiger partial charge in [-0.25, -0.2) is 9.59 Å². The number of rotatable bonds is 10. The van der Waals surface area contributed by atoms with Crippen LogP contribution >= 0.6 is 0 Å². The largest absolute Gasteiger partial charge is 0.491 e. The molecule has 0 heterocycles. The topological polar surface area (TPSA) is 250 Å². The molecule has 0 saturated carbocycles. The van der Waals surface area contributed by atoms with Gasteiger partial charge in [0, 0.05) is 23.1 Å². The van der Waals surface area contributed by atoms with Gasteiger partial charge in [-0.05, 0) is 30.7 Å². The molecular formula is C24H25F6N5O8. The number of nitrogen functional groups attached to an aromatic ring is 2. The van der Waals surface area contributed by atoms with Crippen LogP contribution in [0, 0.1) is 10.8 Å². The number of carboxylic acids is 3. The van der Waals surface area contributed by atoms with Gasteiger partial charge in [0.25, 0.3) is 5.91 Å². The molecule has 0 fully saturated rings. The summed E-state index contributed by atoms with van der Waals surface area (Å²) in [5, 5.41) is 40.8. The van der Waals surface area contributed by atoms with Gasteiger partial charge in [-0.2, -0.15) is 26.3 Å². The highest BCUT2D eigenvalue weighted by atomic mass is 19.4. The van der Waals surface area contributed by atoms with Gasteiger partial charge in [0.05, 0.1) is 6.04 Å². The van der Waals surface area contributed by atoms with Crippen molar-refractivity contribution in [2.45, 2.75) is 31.2 Å². The summed E-state index contributed by atoms with van der Waals surface area (Å²) in [5.41, 5.74) is 12.2. The highest BCUT2D eigenvalue weighted by Gasteiger charge is 2.38. The lowest BCUT2D eigenvalue weighted by molar-refractivity contribution is -0.193. The van der Waals surface area contributed by atoms with Crippen LogP contribution in [0.4, 0.5) is 26.3 Å². The second kappa shape index (κ2) is 16.8. The second-order valence-corrected chi connectivity index (χ2v) is 7.95. The van der Waals surface area contributed by atoms with E-state index in [1.54, 1.807) is 36.4 Å². The number of nitrogens with two attached hydrogens (primary N) is 2. The molecule has 0 aliphatic rings. The summed E-state index contributed by atoms with van der Waals surface area (Å²) in [7, 11) is 0. The summed E-state index contributed by atoms with van der Waals surface area (Å²) >= 11 is 0. The number of amides is 1. The first-order chi connectivity index (χ1) is 19.6. The van der Waals surface area contributed by atoms with Crippen molar-refractivity contribution in [2.24, 2.45) is 11.5 Å². The number of hydrogen-bond acceptors (Lipinski definition) is 7. The lowest BCUT2D eigenvalue weighted by atomic mass is 10.1. The van der Waals surface area contributed by atoms with Gasteiger partial charge >= 0.3 is 30.3 Å². The van der Waals surface area contributed by atoms with Crippen molar-refractivity contribution in [1.82, 2.24) is 5.32 Å². The third-order valence-corrected chi connectivity index (χ3v) is 4.58. The van der Waals surface area contributed by atoms with Crippen LogP contribution in [0.5, 0.6) is 5.75 Å². The zero-order valence-corrected chi connectivity index (χ0v) is 21.6. The second-order valence-electron chi connectivity index (χ2n) is 7.95. The average Bonchev–Trinajstić information content (AvgIpc) is 2.89. The Morgan fingerprint density at radius 3 is 1.63 bits per heavy atom. The van der Waals surface area contributed by atoms with E-state index in [4.69, 9.17) is 51.9 Å². The van der Waals surface area contributed by atoms with Crippen molar-refractivity contribution in [3.05, 3.63) is 65.2 Å². The van der Waals surface area contributed by atoms with Crippen LogP contribution in [0.25, 0.3) is 0 Å². The molecule has 0 unspecified atom stereocenters. The number of carbonyl (C=O) groups excluding carboxylic acids is 1. The normalized spacial score (nSPS) is 11.3. The molecule has 2 aromatic rings. The van der Waals surface area contributed by atoms with E-state index in [1.165, 1.54) is 12.1 Å². The number of carboxylic acid groups (broad SMARTS) is 3. The maximum Gasteiger partial charge on any atom is 0.490 e. The molecule has 0 radical (unpaired) electrons. The first-order valence-electron chi connectivity index (χ1n) is 11.3. The molecule has 0 aliphatic carbocycles. The molecule has 19 heteroatoms. The monoisotopic (exact) mass is 625 g/mol. The van der Waals surface area contributed by atoms with Crippen molar-refractivity contribution in [1.29, 1.82) is 10.8 Å². The summed E-state index contributed by atoms with van der Waals surface area (Å²) in [5.74, 6) is -6.62. The van der Waals surface area contributed by atoms with Gasteiger partial charge < -0.3 is 36.8 Å². The van der Waals surface area contributed by atoms with Crippen LogP contribution in [0.1, 0.15) is 34.3 Å². The number of alkyl halides is 6. The third-order valence-electron chi connectivity index (χ3n) is 4.58. The highest BCUT2D eigenvalue weighted by molar-refractivity contribution is 5.98. The molecule has 0 aliphatic heterocycles. The number of aliphatic carboxylic acids is 3. The van der Waals surface area contributed by atoms with Gasteiger partial charge in [-0.15, -0.1) is 0 Å². The maximum absolute atomic E-state index is 12.5. The zero-order valence-electron chi connectivity index (χ0n) is 21.6. The third kappa shape index (κ3) is 15.9. The molecule has 0 spiro atoms. The van der Waals surface area contributed by atoms with Gasteiger partial charge in [0.1, 0.15) is 24.0 Å². The summed E-state index contributed by atoms with van der Waals surface area (Å²) < 4.78 is 69.1. The fourth-order valence-corrected chi connectivity index (χ4v) is 2.51. The molecule has 236 valence electrons. The fourth-order valence-electron chi connectivity index (χ4n) is 2.51. The molecule has 2 rings (SSSR count). The van der Waals surface area contributed by atoms with Crippen LogP contribution in [0.15, 0.2) is 48.5 Å². The fraction of sp³-hybridized carbons (Fsp3) is 0.250. The van der Waals surface area contributed by atoms with E-state index in [1.807, 2.05) is 0 Å². The minimum atomic E-state index is -5.08. The molecule has 1 amide bonds. The predicted molar refractivity (Wildman–Crippen MR) is 136 cm³/mol. The van der Waals surface area contributed by atoms with Crippen molar-refractivity contribution >= 4 is 35.5 Å². The molecule has 13 nitrogen and oxygen atoms in total. The molecule has 1 atom stereocenters. The van der Waals surface area contributed by atoms with Crippen LogP contribution in [0.3, 0.4) is 0 Å². The summed E-state index contributed by atoms with van der Waals surface area (Å²) in [4.78, 5) is 41.2. The molecule has 2 aromatic carbocycles. The van der Waals surface area contributed by atoms with E-state index in [0.29, 0.717) is 22.4 Å². The summed E-state index contributed by atoms with van der Waals surface area (Å²) in [6.45, 7) is 0.0475. The van der Waals surface area contributed by atoms with Crippen molar-refractivity contribution in [2.75, 3.05) is 6.61 Å². The molecular weight excluding hydrogens is 600 g/mol. The minimum Gasteiger partial charge on any atom is -0.491 e. The van der Waals surface area contributed by atoms with Crippen molar-refractivity contribution in [3.8, 4) is 5.75 Å². The van der Waals surface area contributed by atoms with E-state index in [9.17, 15) is 35.9 Å². The first kappa shape index (κ1) is 37.6. The lowest BCUT2D eigenvalue weighted by Gasteiger charge is -2.19. The van der Waals surface area contributed by atoms with E-state index >= 15 is 0 Å². The number of benzene rings is 2. The number of amidine groups is 2. The maximum atomic E-state index is 12.5. The van der Waals surface area contributed by atoms with Gasteiger partial charge in [-0.3, -0.25) is 20.4 Å². The SMILES string of the molecule is N=C(N)c1ccc(C(=O)N[C@@H](CCC(=O)O)COc2cccc(C(=N)N)c2)cc1.O=C(O)C(F)(F)F.O=C(O)C(F)(F)F. The van der Waals surface area contributed by atoms with Gasteiger partial charge in [-0.1, -0.05) is 24.3 Å². The molecule has 0 saturated heterocycles. The van der Waals surface area contributed by atoms with Crippen LogP contribution < -0.4 is 21.5 Å². The van der Waals surface area contributed by atoms with Crippen LogP contribution in [-0.4, -0.2) is 75.8 Å². The quantitative estimate of drug-likeness (QED) is 0.109. The molecule has 43 heavy (non-hydrogen) atoms. The standard InChI is InChI=1S/C20H23N5O4.2C2HF3O2/c21-18(22)12-4-6-13(7-5-12)20(28)25-15(8-9-17(26)27)11-29-16-3-1-2-14(10-16)19(23)24;2*3-2(4,5)1(6)7/h1-7,10,15H,8-9,11H2,(H3,21,22)(H3,23,24)(H,25,28)(H,26,27);2*(H,6,7)/t15-;;/m0../s1. The Hall–Kier alpha value is -5.36. The van der Waals surface area contributed by atoms with Gasteiger partial charge in [0.15, 0.2) is 0 Å². The van der Waals surface area contributed by atoms with Gasteiger partial charge in [0.2, 0.25) is 0 Å². The average molecular weight is 625 g/mol. The Bertz CT molecular complexity index is 1280. The highest BCUT2D eigenvalue weighted by Crippen LogP contribution is 2.15. The van der Waals surface area contributed by atoms with E-state index in [-0.39, 0.29) is 31.1 Å². The molecule has 0 aromatic heterocycles. The Morgan fingerprint density at radius 1 is 0.791 bits per heavy atom. The van der Waals surface area contributed by atoms with Crippen LogP contribution in [-0.2, 0) is 14.4 Å². The predicted octanol–water partition coefficient (Wildman–Crippen LogP) is 2.56.